The van der Waals surface area contributed by atoms with E-state index in [0.717, 1.165) is 35.6 Å². The second-order valence-corrected chi connectivity index (χ2v) is 6.93. The molecule has 0 bridgehead atoms. The van der Waals surface area contributed by atoms with E-state index in [0.29, 0.717) is 18.5 Å². The van der Waals surface area contributed by atoms with Crippen LogP contribution in [0, 0.1) is 0 Å². The van der Waals surface area contributed by atoms with E-state index in [-0.39, 0.29) is 6.10 Å². The lowest BCUT2D eigenvalue weighted by Crippen LogP contribution is -2.39. The minimum Gasteiger partial charge on any atom is -0.378 e. The second kappa shape index (κ2) is 7.50. The maximum Gasteiger partial charge on any atom is 0.224 e. The van der Waals surface area contributed by atoms with Gasteiger partial charge < -0.3 is 24.4 Å². The van der Waals surface area contributed by atoms with Crippen LogP contribution >= 0.6 is 0 Å². The zero-order valence-electron chi connectivity index (χ0n) is 15.8. The molecular weight excluding hydrogens is 344 g/mol. The van der Waals surface area contributed by atoms with Crippen LogP contribution in [0.3, 0.4) is 0 Å². The number of hydrogen-bond donors (Lipinski definition) is 1. The lowest BCUT2D eigenvalue weighted by atomic mass is 10.2. The Morgan fingerprint density at radius 3 is 2.89 bits per heavy atom. The topological polar surface area (TPSA) is 79.5 Å². The third-order valence-electron chi connectivity index (χ3n) is 5.03. The van der Waals surface area contributed by atoms with Crippen LogP contribution in [0.15, 0.2) is 41.1 Å². The molecule has 2 atom stereocenters. The van der Waals surface area contributed by atoms with Gasteiger partial charge in [0.05, 0.1) is 18.7 Å². The number of para-hydroxylation sites is 1. The summed E-state index contributed by atoms with van der Waals surface area (Å²) in [5, 5.41) is 8.38. The van der Waals surface area contributed by atoms with E-state index in [2.05, 4.69) is 44.3 Å². The predicted octanol–water partition coefficient (Wildman–Crippen LogP) is 2.00. The summed E-state index contributed by atoms with van der Waals surface area (Å²) in [5.41, 5.74) is 1.62. The van der Waals surface area contributed by atoms with Crippen molar-refractivity contribution in [2.24, 2.45) is 0 Å². The minimum absolute atomic E-state index is 0.160. The van der Waals surface area contributed by atoms with Crippen molar-refractivity contribution in [1.29, 1.82) is 0 Å². The number of nitrogens with one attached hydrogen (secondary N) is 1. The molecule has 3 heterocycles. The maximum atomic E-state index is 5.64. The van der Waals surface area contributed by atoms with Gasteiger partial charge in [0.15, 0.2) is 5.58 Å². The molecular formula is C19H24N6O2. The fourth-order valence-electron chi connectivity index (χ4n) is 3.51. The van der Waals surface area contributed by atoms with Gasteiger partial charge in [0, 0.05) is 31.8 Å². The molecule has 0 unspecified atom stereocenters. The summed E-state index contributed by atoms with van der Waals surface area (Å²) < 4.78 is 11.0. The van der Waals surface area contributed by atoms with Gasteiger partial charge in [0.25, 0.3) is 0 Å². The van der Waals surface area contributed by atoms with E-state index in [9.17, 15) is 0 Å². The monoisotopic (exact) mass is 368 g/mol. The number of nitrogens with zero attached hydrogens (tertiary/aromatic N) is 5. The molecule has 8 heteroatoms. The summed E-state index contributed by atoms with van der Waals surface area (Å²) in [6.07, 6.45) is 1.93. The first-order valence-corrected chi connectivity index (χ1v) is 9.00. The Kier molecular flexibility index (Phi) is 4.91. The number of hydrogen-bond acceptors (Lipinski definition) is 8. The van der Waals surface area contributed by atoms with E-state index in [1.807, 2.05) is 30.3 Å². The Morgan fingerprint density at radius 2 is 2.11 bits per heavy atom. The summed E-state index contributed by atoms with van der Waals surface area (Å²) in [7, 11) is 5.92. The molecule has 1 aliphatic rings. The number of likely N-dealkylation sites (N-methyl/N-ethyl adjacent to an activating group) is 1. The number of methoxy groups -OCH3 is 1. The molecule has 0 aliphatic carbocycles. The molecule has 1 aromatic carbocycles. The highest BCUT2D eigenvalue weighted by molar-refractivity contribution is 5.79. The van der Waals surface area contributed by atoms with Gasteiger partial charge in [-0.05, 0) is 32.3 Å². The second-order valence-electron chi connectivity index (χ2n) is 6.93. The van der Waals surface area contributed by atoms with E-state index in [4.69, 9.17) is 9.26 Å². The van der Waals surface area contributed by atoms with Crippen LogP contribution in [-0.4, -0.2) is 66.5 Å². The fourth-order valence-corrected chi connectivity index (χ4v) is 3.51. The Hall–Kier alpha value is -2.71. The zero-order chi connectivity index (χ0) is 18.8. The molecule has 2 aromatic heterocycles. The van der Waals surface area contributed by atoms with Crippen molar-refractivity contribution in [2.45, 2.75) is 18.7 Å². The molecule has 4 rings (SSSR count). The normalized spacial score (nSPS) is 19.9. The average molecular weight is 368 g/mol. The van der Waals surface area contributed by atoms with Gasteiger partial charge in [-0.15, -0.1) is 0 Å². The van der Waals surface area contributed by atoms with Gasteiger partial charge >= 0.3 is 0 Å². The Bertz CT molecular complexity index is 912. The molecule has 8 nitrogen and oxygen atoms in total. The van der Waals surface area contributed by atoms with Crippen molar-refractivity contribution >= 4 is 22.7 Å². The van der Waals surface area contributed by atoms with Crippen molar-refractivity contribution in [1.82, 2.24) is 20.0 Å². The number of rotatable bonds is 6. The van der Waals surface area contributed by atoms with E-state index >= 15 is 0 Å². The first-order chi connectivity index (χ1) is 13.2. The predicted molar refractivity (Wildman–Crippen MR) is 104 cm³/mol. The molecule has 142 valence electrons. The molecule has 27 heavy (non-hydrogen) atoms. The zero-order valence-corrected chi connectivity index (χ0v) is 15.8. The Labute approximate surface area is 158 Å². The van der Waals surface area contributed by atoms with Crippen molar-refractivity contribution in [3.63, 3.8) is 0 Å². The standard InChI is InChI=1S/C19H24N6O2/c1-24(2)15-11-25(12-17(15)26-3)18-8-9-20-19(22-18)21-10-14-13-6-4-5-7-16(13)27-23-14/h4-9,15,17H,10-12H2,1-3H3,(H,20,21,22)/t15-,17+/m0/s1. The maximum absolute atomic E-state index is 5.64. The first kappa shape index (κ1) is 17.7. The van der Waals surface area contributed by atoms with Crippen LogP contribution < -0.4 is 10.2 Å². The molecule has 0 amide bonds. The van der Waals surface area contributed by atoms with Crippen LogP contribution in [0.4, 0.5) is 11.8 Å². The highest BCUT2D eigenvalue weighted by Crippen LogP contribution is 2.23. The Morgan fingerprint density at radius 1 is 1.26 bits per heavy atom. The van der Waals surface area contributed by atoms with E-state index in [1.165, 1.54) is 0 Å². The Balaban J connectivity index is 1.47. The third-order valence-corrected chi connectivity index (χ3v) is 5.03. The van der Waals surface area contributed by atoms with E-state index < -0.39 is 0 Å². The minimum atomic E-state index is 0.160. The van der Waals surface area contributed by atoms with Crippen molar-refractivity contribution in [3.05, 3.63) is 42.2 Å². The fraction of sp³-hybridized carbons (Fsp3) is 0.421. The lowest BCUT2D eigenvalue weighted by Gasteiger charge is -2.23. The van der Waals surface area contributed by atoms with E-state index in [1.54, 1.807) is 13.3 Å². The van der Waals surface area contributed by atoms with Crippen LogP contribution in [-0.2, 0) is 11.3 Å². The molecule has 1 aliphatic heterocycles. The largest absolute Gasteiger partial charge is 0.378 e. The number of anilines is 2. The summed E-state index contributed by atoms with van der Waals surface area (Å²) >= 11 is 0. The lowest BCUT2D eigenvalue weighted by molar-refractivity contribution is 0.0639. The highest BCUT2D eigenvalue weighted by Gasteiger charge is 2.35. The van der Waals surface area contributed by atoms with Gasteiger partial charge in [-0.1, -0.05) is 17.3 Å². The molecule has 0 spiro atoms. The smallest absolute Gasteiger partial charge is 0.224 e. The highest BCUT2D eigenvalue weighted by atomic mass is 16.5. The average Bonchev–Trinajstić information content (AvgIpc) is 3.31. The third kappa shape index (κ3) is 3.58. The first-order valence-electron chi connectivity index (χ1n) is 9.00. The van der Waals surface area contributed by atoms with Gasteiger partial charge in [-0.25, -0.2) is 4.98 Å². The van der Waals surface area contributed by atoms with Crippen molar-refractivity contribution < 1.29 is 9.26 Å². The van der Waals surface area contributed by atoms with Gasteiger partial charge in [0.2, 0.25) is 5.95 Å². The van der Waals surface area contributed by atoms with Gasteiger partial charge in [-0.3, -0.25) is 0 Å². The number of aromatic nitrogens is 3. The number of ether oxygens (including phenoxy) is 1. The number of benzene rings is 1. The van der Waals surface area contributed by atoms with Crippen LogP contribution in [0.5, 0.6) is 0 Å². The summed E-state index contributed by atoms with van der Waals surface area (Å²) in [5.74, 6) is 1.46. The van der Waals surface area contributed by atoms with Crippen LogP contribution in [0.1, 0.15) is 5.69 Å². The SMILES string of the molecule is CO[C@@H]1CN(c2ccnc(NCc3noc4ccccc34)n2)C[C@@H]1N(C)C. The number of fused-ring (bicyclic) bond motifs is 1. The van der Waals surface area contributed by atoms with Gasteiger partial charge in [-0.2, -0.15) is 4.98 Å². The van der Waals surface area contributed by atoms with Gasteiger partial charge in [0.1, 0.15) is 11.5 Å². The molecule has 1 N–H and O–H groups in total. The quantitative estimate of drug-likeness (QED) is 0.708. The molecule has 1 saturated heterocycles. The summed E-state index contributed by atoms with van der Waals surface area (Å²) in [6.45, 7) is 2.18. The van der Waals surface area contributed by atoms with Crippen molar-refractivity contribution in [3.8, 4) is 0 Å². The summed E-state index contributed by atoms with van der Waals surface area (Å²) in [6, 6.07) is 10.1. The van der Waals surface area contributed by atoms with Crippen LogP contribution in [0.2, 0.25) is 0 Å². The van der Waals surface area contributed by atoms with Crippen molar-refractivity contribution in [2.75, 3.05) is 44.5 Å². The summed E-state index contributed by atoms with van der Waals surface area (Å²) in [4.78, 5) is 13.4. The molecule has 1 fully saturated rings. The van der Waals surface area contributed by atoms with Crippen LogP contribution in [0.25, 0.3) is 11.0 Å². The molecule has 0 saturated carbocycles. The molecule has 0 radical (unpaired) electrons. The molecule has 3 aromatic rings.